The minimum Gasteiger partial charge on any atom is -0.462 e. The van der Waals surface area contributed by atoms with Crippen molar-refractivity contribution in [2.24, 2.45) is 0 Å². The fraction of sp³-hybridized carbons (Fsp3) is 0.699. The first-order valence-corrected chi connectivity index (χ1v) is 35.3. The Hall–Kier alpha value is -3.59. The Bertz CT molecular complexity index is 1820. The minimum atomic E-state index is -4.41. The van der Waals surface area contributed by atoms with Gasteiger partial charge in [-0.15, -0.1) is 0 Å². The molecular formula is C73H127NO8P+. The quantitative estimate of drug-likeness (QED) is 0.0211. The monoisotopic (exact) mass is 1180 g/mol. The topological polar surface area (TPSA) is 108 Å². The molecule has 2 atom stereocenters. The smallest absolute Gasteiger partial charge is 0.462 e. The minimum absolute atomic E-state index is 0.0180. The summed E-state index contributed by atoms with van der Waals surface area (Å²) in [5, 5.41) is 0. The fourth-order valence-corrected chi connectivity index (χ4v) is 9.85. The van der Waals surface area contributed by atoms with Crippen LogP contribution in [-0.4, -0.2) is 74.9 Å². The molecule has 0 saturated heterocycles. The lowest BCUT2D eigenvalue weighted by Gasteiger charge is -2.24. The Labute approximate surface area is 511 Å². The van der Waals surface area contributed by atoms with Gasteiger partial charge in [-0.2, -0.15) is 0 Å². The number of quaternary nitrogens is 1. The van der Waals surface area contributed by atoms with E-state index in [0.717, 1.165) is 96.3 Å². The molecule has 0 aliphatic heterocycles. The van der Waals surface area contributed by atoms with Crippen LogP contribution in [0.2, 0.25) is 0 Å². The summed E-state index contributed by atoms with van der Waals surface area (Å²) in [5.74, 6) is -0.847. The number of ether oxygens (including phenoxy) is 2. The lowest BCUT2D eigenvalue weighted by molar-refractivity contribution is -0.870. The second kappa shape index (κ2) is 62.9. The number of likely N-dealkylation sites (N-methyl/N-ethyl adjacent to an activating group) is 1. The van der Waals surface area contributed by atoms with Crippen molar-refractivity contribution in [3.63, 3.8) is 0 Å². The van der Waals surface area contributed by atoms with Crippen molar-refractivity contribution >= 4 is 19.8 Å². The van der Waals surface area contributed by atoms with Crippen LogP contribution in [0.15, 0.2) is 122 Å². The molecule has 1 N–H and O–H groups in total. The van der Waals surface area contributed by atoms with Crippen molar-refractivity contribution in [2.45, 2.75) is 283 Å². The van der Waals surface area contributed by atoms with Crippen molar-refractivity contribution in [1.82, 2.24) is 0 Å². The number of hydrogen-bond donors (Lipinski definition) is 1. The van der Waals surface area contributed by atoms with Crippen LogP contribution in [0.4, 0.5) is 0 Å². The highest BCUT2D eigenvalue weighted by molar-refractivity contribution is 7.47. The van der Waals surface area contributed by atoms with Gasteiger partial charge in [-0.3, -0.25) is 18.6 Å². The van der Waals surface area contributed by atoms with Crippen molar-refractivity contribution < 1.29 is 42.1 Å². The van der Waals surface area contributed by atoms with E-state index in [9.17, 15) is 19.0 Å². The van der Waals surface area contributed by atoms with E-state index in [1.54, 1.807) is 0 Å². The maximum atomic E-state index is 12.8. The number of phosphoric ester groups is 1. The van der Waals surface area contributed by atoms with E-state index in [1.165, 1.54) is 148 Å². The van der Waals surface area contributed by atoms with Crippen molar-refractivity contribution in [3.8, 4) is 0 Å². The molecule has 0 aromatic carbocycles. The number of hydrogen-bond acceptors (Lipinski definition) is 7. The van der Waals surface area contributed by atoms with Gasteiger partial charge in [0.1, 0.15) is 19.8 Å². The van der Waals surface area contributed by atoms with Gasteiger partial charge in [0.05, 0.1) is 27.7 Å². The number of esters is 2. The number of unbranched alkanes of at least 4 members (excludes halogenated alkanes) is 27. The summed E-state index contributed by atoms with van der Waals surface area (Å²) in [5.41, 5.74) is 0. The summed E-state index contributed by atoms with van der Waals surface area (Å²) in [6, 6.07) is 0. The van der Waals surface area contributed by atoms with Crippen LogP contribution in [0, 0.1) is 0 Å². The van der Waals surface area contributed by atoms with E-state index >= 15 is 0 Å². The number of allylic oxidation sites excluding steroid dienone is 20. The highest BCUT2D eigenvalue weighted by Crippen LogP contribution is 2.43. The summed E-state index contributed by atoms with van der Waals surface area (Å²) in [7, 11) is 1.44. The van der Waals surface area contributed by atoms with Gasteiger partial charge in [-0.1, -0.05) is 296 Å². The lowest BCUT2D eigenvalue weighted by atomic mass is 10.0. The summed E-state index contributed by atoms with van der Waals surface area (Å²) >= 11 is 0. The van der Waals surface area contributed by atoms with Crippen LogP contribution < -0.4 is 0 Å². The third-order valence-electron chi connectivity index (χ3n) is 14.3. The van der Waals surface area contributed by atoms with Gasteiger partial charge in [0, 0.05) is 12.8 Å². The first-order valence-electron chi connectivity index (χ1n) is 33.8. The molecule has 476 valence electrons. The Balaban J connectivity index is 4.20. The van der Waals surface area contributed by atoms with Crippen LogP contribution >= 0.6 is 7.82 Å². The molecule has 83 heavy (non-hydrogen) atoms. The molecule has 9 nitrogen and oxygen atoms in total. The Morgan fingerprint density at radius 3 is 1.02 bits per heavy atom. The third-order valence-corrected chi connectivity index (χ3v) is 15.2. The largest absolute Gasteiger partial charge is 0.472 e. The third kappa shape index (κ3) is 67.4. The zero-order chi connectivity index (χ0) is 60.5. The Morgan fingerprint density at radius 1 is 0.386 bits per heavy atom. The number of nitrogens with zero attached hydrogens (tertiary/aromatic N) is 1. The second-order valence-electron chi connectivity index (χ2n) is 23.5. The maximum absolute atomic E-state index is 12.8. The molecule has 0 saturated carbocycles. The average Bonchev–Trinajstić information content (AvgIpc) is 3.48. The van der Waals surface area contributed by atoms with Crippen molar-refractivity contribution in [2.75, 3.05) is 47.5 Å². The first-order chi connectivity index (χ1) is 40.5. The number of phosphoric acid groups is 1. The van der Waals surface area contributed by atoms with Gasteiger partial charge in [0.25, 0.3) is 0 Å². The van der Waals surface area contributed by atoms with Crippen LogP contribution in [-0.2, 0) is 32.7 Å². The van der Waals surface area contributed by atoms with Gasteiger partial charge >= 0.3 is 19.8 Å². The van der Waals surface area contributed by atoms with Gasteiger partial charge in [0.2, 0.25) is 0 Å². The van der Waals surface area contributed by atoms with E-state index in [4.69, 9.17) is 18.5 Å². The first kappa shape index (κ1) is 79.4. The normalized spacial score (nSPS) is 14.0. The molecule has 0 aromatic rings. The average molecular weight is 1180 g/mol. The number of rotatable bonds is 61. The molecule has 0 aliphatic rings. The molecule has 0 fully saturated rings. The molecule has 0 rings (SSSR count). The van der Waals surface area contributed by atoms with Gasteiger partial charge < -0.3 is 18.9 Å². The second-order valence-corrected chi connectivity index (χ2v) is 24.9. The number of carbonyl (C=O) groups excluding carboxylic acids is 2. The lowest BCUT2D eigenvalue weighted by Crippen LogP contribution is -2.37. The van der Waals surface area contributed by atoms with E-state index in [2.05, 4.69) is 135 Å². The molecular weight excluding hydrogens is 1050 g/mol. The van der Waals surface area contributed by atoms with Crippen molar-refractivity contribution in [3.05, 3.63) is 122 Å². The molecule has 0 amide bonds. The molecule has 0 spiro atoms. The van der Waals surface area contributed by atoms with Crippen LogP contribution in [0.5, 0.6) is 0 Å². The Kier molecular flexibility index (Phi) is 60.2. The van der Waals surface area contributed by atoms with E-state index in [1.807, 2.05) is 21.1 Å². The molecule has 0 aromatic heterocycles. The van der Waals surface area contributed by atoms with E-state index in [0.29, 0.717) is 17.4 Å². The molecule has 10 heteroatoms. The molecule has 0 bridgehead atoms. The molecule has 2 unspecified atom stereocenters. The number of carbonyl (C=O) groups is 2. The summed E-state index contributed by atoms with van der Waals surface area (Å²) < 4.78 is 34.6. The zero-order valence-corrected chi connectivity index (χ0v) is 55.0. The highest BCUT2D eigenvalue weighted by Gasteiger charge is 2.27. The predicted molar refractivity (Wildman–Crippen MR) is 358 cm³/mol. The van der Waals surface area contributed by atoms with Crippen LogP contribution in [0.1, 0.15) is 277 Å². The predicted octanol–water partition coefficient (Wildman–Crippen LogP) is 21.9. The van der Waals surface area contributed by atoms with Gasteiger partial charge in [-0.05, 0) is 89.9 Å². The van der Waals surface area contributed by atoms with Gasteiger partial charge in [0.15, 0.2) is 6.10 Å². The highest BCUT2D eigenvalue weighted by atomic mass is 31.2. The van der Waals surface area contributed by atoms with E-state index in [-0.39, 0.29) is 32.0 Å². The van der Waals surface area contributed by atoms with Crippen LogP contribution in [0.25, 0.3) is 0 Å². The molecule has 0 aliphatic carbocycles. The summed E-state index contributed by atoms with van der Waals surface area (Å²) in [6.45, 7) is 4.29. The van der Waals surface area contributed by atoms with Gasteiger partial charge in [-0.25, -0.2) is 4.57 Å². The van der Waals surface area contributed by atoms with E-state index < -0.39 is 26.5 Å². The fourth-order valence-electron chi connectivity index (χ4n) is 9.10. The Morgan fingerprint density at radius 2 is 0.687 bits per heavy atom. The maximum Gasteiger partial charge on any atom is 0.472 e. The summed E-state index contributed by atoms with van der Waals surface area (Å²) in [6.07, 6.45) is 90.2. The molecule has 0 heterocycles. The van der Waals surface area contributed by atoms with Crippen molar-refractivity contribution in [1.29, 1.82) is 0 Å². The molecule has 0 radical (unpaired) electrons. The summed E-state index contributed by atoms with van der Waals surface area (Å²) in [4.78, 5) is 35.8. The van der Waals surface area contributed by atoms with Crippen LogP contribution in [0.3, 0.4) is 0 Å². The SMILES string of the molecule is CC/C=C\C/C=C\C/C=C\C/C=C\C/C=C\C/C=C\C/C=C\C/C=C\C/C=C\C/C=C\CCCCC(=O)OC(COC(=O)CCCCCCCCCCCCCCCCCCCCCCCCCCCC)COP(=O)(O)OCC[N+](C)(C)C. The standard InChI is InChI=1S/C73H126NO8P/c1-6-8-10-12-14-16-18-20-22-24-26-28-30-32-34-35-36-37-38-39-40-42-44-46-48-50-52-54-56-58-60-62-64-66-73(76)82-71(70-81-83(77,78)80-68-67-74(3,4)5)69-79-72(75)65-63-61-59-57-55-53-51-49-47-45-43-41-33-31-29-27-25-23-21-19-17-15-13-11-9-7-2/h8,10,14,16,20,22,26,28,32,34,36-37,39-40,44,46,50,52,56,58,71H,6-7,9,11-13,15,17-19,21,23-25,27,29-31,33,35,38,41-43,45,47-49,51,53-55,57,59-70H2,1-5H3/p+1/b10-8-,16-14-,22-20-,28-26-,34-32-,37-36-,40-39-,46-44-,52-50-,58-56-. The zero-order valence-electron chi connectivity index (χ0n) is 54.1.